The van der Waals surface area contributed by atoms with Crippen LogP contribution in [0.4, 0.5) is 0 Å². The highest BCUT2D eigenvalue weighted by Crippen LogP contribution is 2.48. The Bertz CT molecular complexity index is 803. The lowest BCUT2D eigenvalue weighted by atomic mass is 10.1. The molecule has 1 aromatic rings. The Labute approximate surface area is 133 Å². The highest BCUT2D eigenvalue weighted by atomic mass is 32.2. The van der Waals surface area contributed by atoms with E-state index < -0.39 is 21.8 Å². The molecule has 3 atom stereocenters. The van der Waals surface area contributed by atoms with Gasteiger partial charge in [0.15, 0.2) is 14.9 Å². The van der Waals surface area contributed by atoms with Gasteiger partial charge in [0.1, 0.15) is 6.04 Å². The fourth-order valence-corrected chi connectivity index (χ4v) is 5.00. The molecule has 8 heteroatoms. The smallest absolute Gasteiger partial charge is 0.254 e. The van der Waals surface area contributed by atoms with Crippen LogP contribution in [0.15, 0.2) is 23.4 Å². The largest absolute Gasteiger partial charge is 0.368 e. The summed E-state index contributed by atoms with van der Waals surface area (Å²) in [6.07, 6.45) is 4.10. The number of hydrogen-bond acceptors (Lipinski definition) is 5. The van der Waals surface area contributed by atoms with E-state index >= 15 is 0 Å². The summed E-state index contributed by atoms with van der Waals surface area (Å²) in [6.45, 7) is 0. The van der Waals surface area contributed by atoms with E-state index in [2.05, 4.69) is 4.98 Å². The van der Waals surface area contributed by atoms with Crippen molar-refractivity contribution >= 4 is 21.7 Å². The van der Waals surface area contributed by atoms with E-state index in [9.17, 15) is 18.0 Å². The molecular weight excluding hydrogens is 318 g/mol. The van der Waals surface area contributed by atoms with E-state index in [0.29, 0.717) is 25.2 Å². The number of aromatic nitrogens is 1. The summed E-state index contributed by atoms with van der Waals surface area (Å²) in [7, 11) is -3.45. The number of nitrogens with two attached hydrogens (primary N) is 1. The molecule has 1 aromatic heterocycles. The number of hydrogen-bond donors (Lipinski definition) is 1. The average molecular weight is 335 g/mol. The van der Waals surface area contributed by atoms with Gasteiger partial charge in [-0.25, -0.2) is 13.4 Å². The molecule has 4 rings (SSSR count). The van der Waals surface area contributed by atoms with E-state index in [-0.39, 0.29) is 27.8 Å². The zero-order chi connectivity index (χ0) is 16.4. The Hall–Kier alpha value is -1.96. The number of carbonyl (C=O) groups excluding carboxylic acids is 2. The second-order valence-corrected chi connectivity index (χ2v) is 8.73. The molecule has 2 heterocycles. The second-order valence-electron chi connectivity index (χ2n) is 6.56. The van der Waals surface area contributed by atoms with Crippen LogP contribution in [0.1, 0.15) is 36.0 Å². The van der Waals surface area contributed by atoms with E-state index in [0.717, 1.165) is 6.42 Å². The van der Waals surface area contributed by atoms with E-state index in [1.54, 1.807) is 0 Å². The molecule has 2 saturated carbocycles. The number of sulfone groups is 1. The van der Waals surface area contributed by atoms with Gasteiger partial charge in [0.2, 0.25) is 5.91 Å². The second kappa shape index (κ2) is 4.77. The average Bonchev–Trinajstić information content (AvgIpc) is 3.44. The number of pyridine rings is 1. The summed E-state index contributed by atoms with van der Waals surface area (Å²) >= 11 is 0. The Morgan fingerprint density at radius 2 is 2.00 bits per heavy atom. The zero-order valence-electron chi connectivity index (χ0n) is 12.4. The summed E-state index contributed by atoms with van der Waals surface area (Å²) in [5, 5.41) is -0.439. The lowest BCUT2D eigenvalue weighted by molar-refractivity contribution is -0.122. The predicted octanol–water partition coefficient (Wildman–Crippen LogP) is 0.106. The number of primary amides is 1. The van der Waals surface area contributed by atoms with Crippen molar-refractivity contribution in [1.82, 2.24) is 9.88 Å². The van der Waals surface area contributed by atoms with Crippen LogP contribution in [0.2, 0.25) is 0 Å². The van der Waals surface area contributed by atoms with Crippen LogP contribution >= 0.6 is 0 Å². The van der Waals surface area contributed by atoms with Gasteiger partial charge < -0.3 is 10.6 Å². The number of nitrogens with zero attached hydrogens (tertiary/aromatic N) is 2. The third-order valence-electron chi connectivity index (χ3n) is 4.90. The maximum absolute atomic E-state index is 12.8. The van der Waals surface area contributed by atoms with Crippen LogP contribution in [0.3, 0.4) is 0 Å². The fourth-order valence-electron chi connectivity index (χ4n) is 3.40. The Morgan fingerprint density at radius 1 is 1.26 bits per heavy atom. The normalized spacial score (nSPS) is 29.2. The molecule has 23 heavy (non-hydrogen) atoms. The quantitative estimate of drug-likeness (QED) is 0.839. The highest BCUT2D eigenvalue weighted by molar-refractivity contribution is 7.92. The first kappa shape index (κ1) is 14.6. The fraction of sp³-hybridized carbons (Fsp3) is 0.533. The summed E-state index contributed by atoms with van der Waals surface area (Å²) in [5.74, 6) is -0.508. The Morgan fingerprint density at radius 3 is 2.65 bits per heavy atom. The molecular formula is C15H17N3O4S. The Kier molecular flexibility index (Phi) is 3.03. The van der Waals surface area contributed by atoms with E-state index in [1.165, 1.54) is 23.2 Å². The van der Waals surface area contributed by atoms with Crippen molar-refractivity contribution in [1.29, 1.82) is 0 Å². The van der Waals surface area contributed by atoms with Crippen LogP contribution in [0.5, 0.6) is 0 Å². The lowest BCUT2D eigenvalue weighted by Crippen LogP contribution is -2.46. The van der Waals surface area contributed by atoms with Crippen LogP contribution in [-0.4, -0.2) is 47.4 Å². The molecule has 0 aromatic carbocycles. The molecule has 7 nitrogen and oxygen atoms in total. The van der Waals surface area contributed by atoms with Gasteiger partial charge in [0.25, 0.3) is 5.91 Å². The van der Waals surface area contributed by atoms with Gasteiger partial charge >= 0.3 is 0 Å². The van der Waals surface area contributed by atoms with E-state index in [1.807, 2.05) is 0 Å². The van der Waals surface area contributed by atoms with Gasteiger partial charge in [-0.3, -0.25) is 9.59 Å². The van der Waals surface area contributed by atoms with Crippen LogP contribution in [-0.2, 0) is 14.6 Å². The van der Waals surface area contributed by atoms with Crippen molar-refractivity contribution in [3.8, 4) is 0 Å². The number of rotatable bonds is 4. The third-order valence-corrected chi connectivity index (χ3v) is 7.06. The van der Waals surface area contributed by atoms with Crippen molar-refractivity contribution in [3.63, 3.8) is 0 Å². The molecule has 3 aliphatic rings. The van der Waals surface area contributed by atoms with Gasteiger partial charge in [-0.15, -0.1) is 0 Å². The van der Waals surface area contributed by atoms with Crippen molar-refractivity contribution in [3.05, 3.63) is 23.9 Å². The molecule has 122 valence electrons. The first-order chi connectivity index (χ1) is 10.9. The summed E-state index contributed by atoms with van der Waals surface area (Å²) < 4.78 is 24.5. The van der Waals surface area contributed by atoms with Gasteiger partial charge in [-0.1, -0.05) is 0 Å². The standard InChI is InChI=1S/C15H17N3O4S/c16-14(19)12-6-9-5-11(9)18(12)15(20)8-3-4-17-13(7-8)23(21,22)10-1-2-10/h3-4,7,9-12H,1-2,5-6H2,(H2,16,19). The van der Waals surface area contributed by atoms with Crippen LogP contribution < -0.4 is 5.73 Å². The molecule has 0 spiro atoms. The van der Waals surface area contributed by atoms with Crippen molar-refractivity contribution < 1.29 is 18.0 Å². The summed E-state index contributed by atoms with van der Waals surface area (Å²) in [6, 6.07) is 2.27. The van der Waals surface area contributed by atoms with Crippen molar-refractivity contribution in [2.75, 3.05) is 0 Å². The summed E-state index contributed by atoms with van der Waals surface area (Å²) in [5.41, 5.74) is 5.64. The number of carbonyl (C=O) groups is 2. The zero-order valence-corrected chi connectivity index (χ0v) is 13.2. The molecule has 2 amide bonds. The maximum Gasteiger partial charge on any atom is 0.254 e. The minimum atomic E-state index is -3.45. The summed E-state index contributed by atoms with van der Waals surface area (Å²) in [4.78, 5) is 29.8. The van der Waals surface area contributed by atoms with Gasteiger partial charge in [-0.2, -0.15) is 0 Å². The minimum Gasteiger partial charge on any atom is -0.368 e. The Balaban J connectivity index is 1.65. The van der Waals surface area contributed by atoms with E-state index in [4.69, 9.17) is 5.73 Å². The molecule has 3 unspecified atom stereocenters. The lowest BCUT2D eigenvalue weighted by Gasteiger charge is -2.25. The molecule has 3 fully saturated rings. The number of piperidine rings is 1. The molecule has 1 aliphatic heterocycles. The first-order valence-corrected chi connectivity index (χ1v) is 9.26. The molecule has 0 radical (unpaired) electrons. The molecule has 2 N–H and O–H groups in total. The van der Waals surface area contributed by atoms with Crippen LogP contribution in [0.25, 0.3) is 0 Å². The van der Waals surface area contributed by atoms with Gasteiger partial charge in [0, 0.05) is 17.8 Å². The van der Waals surface area contributed by atoms with Crippen LogP contribution in [0, 0.1) is 5.92 Å². The van der Waals surface area contributed by atoms with Gasteiger partial charge in [0.05, 0.1) is 5.25 Å². The SMILES string of the molecule is NC(=O)C1CC2CC2N1C(=O)c1ccnc(S(=O)(=O)C2CC2)c1. The molecule has 1 saturated heterocycles. The highest BCUT2D eigenvalue weighted by Gasteiger charge is 2.55. The monoisotopic (exact) mass is 335 g/mol. The first-order valence-electron chi connectivity index (χ1n) is 7.71. The topological polar surface area (TPSA) is 110 Å². The number of amides is 2. The van der Waals surface area contributed by atoms with Gasteiger partial charge in [-0.05, 0) is 43.7 Å². The minimum absolute atomic E-state index is 0.0525. The van der Waals surface area contributed by atoms with Crippen molar-refractivity contribution in [2.24, 2.45) is 11.7 Å². The maximum atomic E-state index is 12.8. The number of fused-ring (bicyclic) bond motifs is 1. The molecule has 0 bridgehead atoms. The predicted molar refractivity (Wildman–Crippen MR) is 80.1 cm³/mol. The number of likely N-dealkylation sites (tertiary alicyclic amines) is 1. The molecule has 2 aliphatic carbocycles. The third kappa shape index (κ3) is 2.32. The van der Waals surface area contributed by atoms with Crippen molar-refractivity contribution in [2.45, 2.75) is 48.0 Å².